The second kappa shape index (κ2) is 7.95. The highest BCUT2D eigenvalue weighted by Crippen LogP contribution is 2.22. The van der Waals surface area contributed by atoms with Gasteiger partial charge < -0.3 is 24.3 Å². The van der Waals surface area contributed by atoms with Gasteiger partial charge in [-0.25, -0.2) is 0 Å². The predicted octanol–water partition coefficient (Wildman–Crippen LogP) is 1.42. The molecule has 0 spiro atoms. The minimum atomic E-state index is -0.225. The number of aryl methyl sites for hydroxylation is 1. The molecule has 1 aromatic heterocycles. The summed E-state index contributed by atoms with van der Waals surface area (Å²) < 4.78 is 10.6. The minimum absolute atomic E-state index is 0.115. The number of anilines is 1. The fourth-order valence-corrected chi connectivity index (χ4v) is 2.92. The summed E-state index contributed by atoms with van der Waals surface area (Å²) in [7, 11) is 1.65. The number of carbonyl (C=O) groups is 1. The van der Waals surface area contributed by atoms with Gasteiger partial charge in [0.25, 0.3) is 5.91 Å². The highest BCUT2D eigenvalue weighted by molar-refractivity contribution is 5.78. The lowest BCUT2D eigenvalue weighted by atomic mass is 10.2. The number of pyridine rings is 1. The van der Waals surface area contributed by atoms with Crippen molar-refractivity contribution in [3.05, 3.63) is 52.4 Å². The molecular weight excluding hydrogens is 334 g/mol. The van der Waals surface area contributed by atoms with E-state index >= 15 is 0 Å². The summed E-state index contributed by atoms with van der Waals surface area (Å²) in [6, 6.07) is 9.34. The number of nitrogens with zero attached hydrogens (tertiary/aromatic N) is 2. The van der Waals surface area contributed by atoms with E-state index in [1.807, 2.05) is 24.3 Å². The first kappa shape index (κ1) is 17.8. The molecule has 1 saturated heterocycles. The first-order valence-corrected chi connectivity index (χ1v) is 8.56. The van der Waals surface area contributed by atoms with Gasteiger partial charge in [-0.3, -0.25) is 9.59 Å². The van der Waals surface area contributed by atoms with Crippen molar-refractivity contribution in [3.8, 4) is 11.5 Å². The van der Waals surface area contributed by atoms with Crippen LogP contribution in [0.25, 0.3) is 0 Å². The molecule has 7 heteroatoms. The van der Waals surface area contributed by atoms with E-state index in [1.165, 1.54) is 12.3 Å². The number of hydrogen-bond acceptors (Lipinski definition) is 5. The van der Waals surface area contributed by atoms with Crippen molar-refractivity contribution >= 4 is 11.6 Å². The summed E-state index contributed by atoms with van der Waals surface area (Å²) >= 11 is 0. The van der Waals surface area contributed by atoms with Crippen molar-refractivity contribution in [2.24, 2.45) is 0 Å². The van der Waals surface area contributed by atoms with Gasteiger partial charge in [-0.05, 0) is 19.1 Å². The Labute approximate surface area is 152 Å². The van der Waals surface area contributed by atoms with E-state index in [0.717, 1.165) is 30.2 Å². The lowest BCUT2D eigenvalue weighted by Gasteiger charge is -2.36. The normalized spacial score (nSPS) is 14.2. The van der Waals surface area contributed by atoms with Crippen molar-refractivity contribution in [1.29, 1.82) is 0 Å². The first-order chi connectivity index (χ1) is 12.6. The number of carbonyl (C=O) groups excluding carboxylic acids is 1. The number of H-pyrrole nitrogens is 1. The largest absolute Gasteiger partial charge is 0.497 e. The molecule has 1 amide bonds. The van der Waals surface area contributed by atoms with Crippen LogP contribution in [0.3, 0.4) is 0 Å². The third-order valence-electron chi connectivity index (χ3n) is 4.42. The molecule has 2 heterocycles. The van der Waals surface area contributed by atoms with E-state index in [-0.39, 0.29) is 23.7 Å². The van der Waals surface area contributed by atoms with Crippen LogP contribution in [0, 0.1) is 6.92 Å². The van der Waals surface area contributed by atoms with Crippen LogP contribution in [0.1, 0.15) is 5.69 Å². The van der Waals surface area contributed by atoms with Gasteiger partial charge in [0.1, 0.15) is 5.75 Å². The van der Waals surface area contributed by atoms with Crippen LogP contribution in [-0.4, -0.2) is 55.7 Å². The van der Waals surface area contributed by atoms with E-state index in [0.29, 0.717) is 13.1 Å². The van der Waals surface area contributed by atoms with Crippen LogP contribution >= 0.6 is 0 Å². The number of aromatic amines is 1. The second-order valence-electron chi connectivity index (χ2n) is 6.20. The number of methoxy groups -OCH3 is 1. The molecule has 0 aliphatic carbocycles. The molecule has 7 nitrogen and oxygen atoms in total. The van der Waals surface area contributed by atoms with E-state index in [9.17, 15) is 9.59 Å². The van der Waals surface area contributed by atoms with Gasteiger partial charge in [-0.1, -0.05) is 6.07 Å². The van der Waals surface area contributed by atoms with E-state index in [1.54, 1.807) is 18.9 Å². The summed E-state index contributed by atoms with van der Waals surface area (Å²) in [4.78, 5) is 31.0. The maximum Gasteiger partial charge on any atom is 0.260 e. The Morgan fingerprint density at radius 2 is 1.96 bits per heavy atom. The van der Waals surface area contributed by atoms with Crippen LogP contribution in [0.5, 0.6) is 11.5 Å². The smallest absolute Gasteiger partial charge is 0.260 e. The number of benzene rings is 1. The molecule has 1 aromatic carbocycles. The molecule has 1 aliphatic heterocycles. The van der Waals surface area contributed by atoms with Crippen LogP contribution < -0.4 is 19.8 Å². The summed E-state index contributed by atoms with van der Waals surface area (Å²) in [6.45, 7) is 4.37. The lowest BCUT2D eigenvalue weighted by molar-refractivity contribution is -0.133. The molecule has 2 aromatic rings. The molecular formula is C19H23N3O4. The van der Waals surface area contributed by atoms with Gasteiger partial charge in [-0.15, -0.1) is 0 Å². The molecule has 0 saturated carbocycles. The monoisotopic (exact) mass is 357 g/mol. The zero-order chi connectivity index (χ0) is 18.5. The average Bonchev–Trinajstić information content (AvgIpc) is 2.67. The molecule has 0 bridgehead atoms. The highest BCUT2D eigenvalue weighted by Gasteiger charge is 2.22. The molecule has 26 heavy (non-hydrogen) atoms. The van der Waals surface area contributed by atoms with Gasteiger partial charge in [0.2, 0.25) is 5.43 Å². The van der Waals surface area contributed by atoms with Crippen molar-refractivity contribution in [3.63, 3.8) is 0 Å². The fourth-order valence-electron chi connectivity index (χ4n) is 2.92. The highest BCUT2D eigenvalue weighted by atomic mass is 16.5. The van der Waals surface area contributed by atoms with Crippen molar-refractivity contribution < 1.29 is 14.3 Å². The zero-order valence-electron chi connectivity index (χ0n) is 15.0. The molecule has 0 unspecified atom stereocenters. The number of piperazine rings is 1. The maximum atomic E-state index is 12.3. The number of nitrogens with one attached hydrogen (secondary N) is 1. The molecule has 3 rings (SSSR count). The SMILES string of the molecule is COc1cccc(N2CCN(C(=O)COc3c[nH]c(C)cc3=O)CC2)c1. The van der Waals surface area contributed by atoms with Crippen LogP contribution in [0.2, 0.25) is 0 Å². The number of rotatable bonds is 5. The predicted molar refractivity (Wildman–Crippen MR) is 99.1 cm³/mol. The summed E-state index contributed by atoms with van der Waals surface area (Å²) in [5.41, 5.74) is 1.61. The Balaban J connectivity index is 1.52. The number of aromatic nitrogens is 1. The number of ether oxygens (including phenoxy) is 2. The van der Waals surface area contributed by atoms with Crippen LogP contribution in [0.15, 0.2) is 41.3 Å². The zero-order valence-corrected chi connectivity index (χ0v) is 15.0. The van der Waals surface area contributed by atoms with Gasteiger partial charge >= 0.3 is 0 Å². The number of hydrogen-bond donors (Lipinski definition) is 1. The minimum Gasteiger partial charge on any atom is -0.497 e. The summed E-state index contributed by atoms with van der Waals surface area (Å²) in [5, 5.41) is 0. The van der Waals surface area contributed by atoms with Gasteiger partial charge in [0, 0.05) is 55.9 Å². The molecule has 1 fully saturated rings. The first-order valence-electron chi connectivity index (χ1n) is 8.56. The lowest BCUT2D eigenvalue weighted by Crippen LogP contribution is -2.50. The van der Waals surface area contributed by atoms with E-state index in [2.05, 4.69) is 9.88 Å². The third-order valence-corrected chi connectivity index (χ3v) is 4.42. The Hall–Kier alpha value is -2.96. The Morgan fingerprint density at radius 1 is 1.19 bits per heavy atom. The van der Waals surface area contributed by atoms with Crippen molar-refractivity contribution in [2.45, 2.75) is 6.92 Å². The third kappa shape index (κ3) is 4.17. The molecule has 138 valence electrons. The number of amides is 1. The van der Waals surface area contributed by atoms with E-state index in [4.69, 9.17) is 9.47 Å². The van der Waals surface area contributed by atoms with Gasteiger partial charge in [-0.2, -0.15) is 0 Å². The molecule has 1 aliphatic rings. The van der Waals surface area contributed by atoms with E-state index < -0.39 is 0 Å². The fraction of sp³-hybridized carbons (Fsp3) is 0.368. The second-order valence-corrected chi connectivity index (χ2v) is 6.20. The van der Waals surface area contributed by atoms with Crippen molar-refractivity contribution in [1.82, 2.24) is 9.88 Å². The quantitative estimate of drug-likeness (QED) is 0.876. The Morgan fingerprint density at radius 3 is 2.65 bits per heavy atom. The van der Waals surface area contributed by atoms with Crippen LogP contribution in [-0.2, 0) is 4.79 Å². The molecule has 1 N–H and O–H groups in total. The Bertz CT molecular complexity index is 826. The van der Waals surface area contributed by atoms with Crippen molar-refractivity contribution in [2.75, 3.05) is 44.8 Å². The Kier molecular flexibility index (Phi) is 5.46. The standard InChI is InChI=1S/C19H23N3O4/c1-14-10-17(23)18(12-20-14)26-13-19(24)22-8-6-21(7-9-22)15-4-3-5-16(11-15)25-2/h3-5,10-12H,6-9,13H2,1-2H3,(H,20,23). The summed E-state index contributed by atoms with van der Waals surface area (Å²) in [6.07, 6.45) is 1.49. The average molecular weight is 357 g/mol. The van der Waals surface area contributed by atoms with Gasteiger partial charge in [0.05, 0.1) is 7.11 Å². The topological polar surface area (TPSA) is 74.9 Å². The van der Waals surface area contributed by atoms with Crippen LogP contribution in [0.4, 0.5) is 5.69 Å². The molecule has 0 radical (unpaired) electrons. The maximum absolute atomic E-state index is 12.3. The summed E-state index contributed by atoms with van der Waals surface area (Å²) in [5.74, 6) is 0.868. The molecule has 0 atom stereocenters. The van der Waals surface area contributed by atoms with Gasteiger partial charge in [0.15, 0.2) is 12.4 Å².